The van der Waals surface area contributed by atoms with Gasteiger partial charge in [-0.05, 0) is 27.8 Å². The number of methoxy groups -OCH3 is 1. The van der Waals surface area contributed by atoms with E-state index in [1.807, 2.05) is 34.0 Å². The van der Waals surface area contributed by atoms with Crippen LogP contribution in [0.5, 0.6) is 5.75 Å². The van der Waals surface area contributed by atoms with Gasteiger partial charge in [-0.25, -0.2) is 0 Å². The van der Waals surface area contributed by atoms with Crippen LogP contribution in [0.1, 0.15) is 30.2 Å². The van der Waals surface area contributed by atoms with Crippen LogP contribution >= 0.6 is 0 Å². The number of pyridine rings is 1. The molecule has 0 radical (unpaired) electrons. The van der Waals surface area contributed by atoms with Gasteiger partial charge in [-0.3, -0.25) is 9.88 Å². The number of nitrogens with two attached hydrogens (primary N) is 1. The fraction of sp³-hybridized carbons (Fsp3) is 0.571. The highest BCUT2D eigenvalue weighted by molar-refractivity contribution is 5.80. The van der Waals surface area contributed by atoms with Gasteiger partial charge in [0.05, 0.1) is 12.8 Å². The molecule has 1 atom stereocenters. The fourth-order valence-electron chi connectivity index (χ4n) is 2.12. The van der Waals surface area contributed by atoms with Gasteiger partial charge in [0.15, 0.2) is 0 Å². The fourth-order valence-corrected chi connectivity index (χ4v) is 2.12. The Balaban J connectivity index is 2.83. The highest BCUT2D eigenvalue weighted by atomic mass is 16.5. The average molecular weight is 280 g/mol. The van der Waals surface area contributed by atoms with Crippen LogP contribution in [0, 0.1) is 13.8 Å². The first-order chi connectivity index (χ1) is 9.40. The van der Waals surface area contributed by atoms with Crippen molar-refractivity contribution in [2.75, 3.05) is 14.2 Å². The monoisotopic (exact) mass is 280 g/mol. The number of ether oxygens (including phenoxy) is 1. The molecule has 0 saturated carbocycles. The van der Waals surface area contributed by atoms with E-state index in [0.29, 0.717) is 13.0 Å². The van der Waals surface area contributed by atoms with Crippen molar-refractivity contribution < 1.29 is 9.94 Å². The molecule has 0 aliphatic rings. The Hall–Kier alpha value is -1.82. The number of oxime groups is 1. The summed E-state index contributed by atoms with van der Waals surface area (Å²) in [5.74, 6) is 1.11. The summed E-state index contributed by atoms with van der Waals surface area (Å²) >= 11 is 0. The summed E-state index contributed by atoms with van der Waals surface area (Å²) in [5.41, 5.74) is 8.59. The zero-order valence-corrected chi connectivity index (χ0v) is 12.8. The SMILES string of the molecule is COc1c(C)cnc(CN(C)C(C)CC(N)=NO)c1C. The van der Waals surface area contributed by atoms with Crippen molar-refractivity contribution in [2.45, 2.75) is 39.8 Å². The van der Waals surface area contributed by atoms with Gasteiger partial charge in [0, 0.05) is 36.3 Å². The third kappa shape index (κ3) is 3.84. The average Bonchev–Trinajstić information content (AvgIpc) is 2.42. The number of aromatic nitrogens is 1. The van der Waals surface area contributed by atoms with Crippen LogP contribution in [0.15, 0.2) is 11.4 Å². The van der Waals surface area contributed by atoms with E-state index in [1.54, 1.807) is 7.11 Å². The first-order valence-electron chi connectivity index (χ1n) is 6.56. The summed E-state index contributed by atoms with van der Waals surface area (Å²) in [6.45, 7) is 6.70. The maximum Gasteiger partial charge on any atom is 0.140 e. The lowest BCUT2D eigenvalue weighted by atomic mass is 10.1. The zero-order valence-electron chi connectivity index (χ0n) is 12.8. The minimum Gasteiger partial charge on any atom is -0.496 e. The van der Waals surface area contributed by atoms with Crippen LogP contribution in [-0.4, -0.2) is 41.1 Å². The normalized spacial score (nSPS) is 13.6. The summed E-state index contributed by atoms with van der Waals surface area (Å²) < 4.78 is 5.41. The minimum absolute atomic E-state index is 0.152. The van der Waals surface area contributed by atoms with Crippen molar-refractivity contribution in [3.8, 4) is 5.75 Å². The molecule has 1 aromatic heterocycles. The number of aryl methyl sites for hydroxylation is 1. The van der Waals surface area contributed by atoms with Crippen LogP contribution in [0.25, 0.3) is 0 Å². The molecule has 0 aliphatic carbocycles. The van der Waals surface area contributed by atoms with Gasteiger partial charge in [-0.15, -0.1) is 0 Å². The Kier molecular flexibility index (Phi) is 5.76. The second-order valence-corrected chi connectivity index (χ2v) is 5.11. The summed E-state index contributed by atoms with van der Waals surface area (Å²) in [7, 11) is 3.66. The van der Waals surface area contributed by atoms with E-state index in [9.17, 15) is 0 Å². The summed E-state index contributed by atoms with van der Waals surface area (Å²) in [4.78, 5) is 6.59. The third-order valence-corrected chi connectivity index (χ3v) is 3.53. The van der Waals surface area contributed by atoms with E-state index in [1.165, 1.54) is 0 Å². The standard InChI is InChI=1S/C14H24N4O2/c1-9-7-16-12(11(3)14(9)20-5)8-18(4)10(2)6-13(15)17-19/h7,10,19H,6,8H2,1-5H3,(H2,15,17). The van der Waals surface area contributed by atoms with Gasteiger partial charge in [0.1, 0.15) is 11.6 Å². The van der Waals surface area contributed by atoms with Gasteiger partial charge >= 0.3 is 0 Å². The summed E-state index contributed by atoms with van der Waals surface area (Å²) in [6.07, 6.45) is 2.33. The second-order valence-electron chi connectivity index (χ2n) is 5.11. The number of rotatable bonds is 6. The van der Waals surface area contributed by atoms with E-state index < -0.39 is 0 Å². The highest BCUT2D eigenvalue weighted by Gasteiger charge is 2.15. The lowest BCUT2D eigenvalue weighted by molar-refractivity contribution is 0.247. The molecule has 6 heteroatoms. The van der Waals surface area contributed by atoms with E-state index >= 15 is 0 Å². The van der Waals surface area contributed by atoms with E-state index in [4.69, 9.17) is 15.7 Å². The second kappa shape index (κ2) is 7.09. The maximum atomic E-state index is 8.61. The molecular weight excluding hydrogens is 256 g/mol. The van der Waals surface area contributed by atoms with Gasteiger partial charge in [-0.2, -0.15) is 0 Å². The summed E-state index contributed by atoms with van der Waals surface area (Å²) in [6, 6.07) is 0.152. The Labute approximate surface area is 120 Å². The molecule has 1 heterocycles. The number of amidine groups is 1. The van der Waals surface area contributed by atoms with Crippen LogP contribution in [-0.2, 0) is 6.54 Å². The van der Waals surface area contributed by atoms with Crippen molar-refractivity contribution in [1.82, 2.24) is 9.88 Å². The lowest BCUT2D eigenvalue weighted by Gasteiger charge is -2.25. The molecule has 1 unspecified atom stereocenters. The first-order valence-corrected chi connectivity index (χ1v) is 6.56. The molecule has 20 heavy (non-hydrogen) atoms. The van der Waals surface area contributed by atoms with Gasteiger partial charge in [-0.1, -0.05) is 5.16 Å². The summed E-state index contributed by atoms with van der Waals surface area (Å²) in [5, 5.41) is 11.6. The first kappa shape index (κ1) is 16.2. The van der Waals surface area contributed by atoms with Crippen molar-refractivity contribution in [1.29, 1.82) is 0 Å². The molecule has 6 nitrogen and oxygen atoms in total. The molecule has 1 aromatic rings. The Morgan fingerprint density at radius 1 is 1.55 bits per heavy atom. The molecule has 0 aromatic carbocycles. The molecule has 0 spiro atoms. The molecule has 0 aliphatic heterocycles. The van der Waals surface area contributed by atoms with Crippen molar-refractivity contribution in [2.24, 2.45) is 10.9 Å². The smallest absolute Gasteiger partial charge is 0.140 e. The minimum atomic E-state index is 0.152. The maximum absolute atomic E-state index is 8.61. The zero-order chi connectivity index (χ0) is 15.3. The van der Waals surface area contributed by atoms with Gasteiger partial charge in [0.25, 0.3) is 0 Å². The predicted octanol–water partition coefficient (Wildman–Crippen LogP) is 1.66. The molecule has 0 fully saturated rings. The van der Waals surface area contributed by atoms with Crippen molar-refractivity contribution in [3.63, 3.8) is 0 Å². The molecule has 3 N–H and O–H groups in total. The van der Waals surface area contributed by atoms with Crippen LogP contribution in [0.2, 0.25) is 0 Å². The van der Waals surface area contributed by atoms with Gasteiger partial charge in [0.2, 0.25) is 0 Å². The van der Waals surface area contributed by atoms with E-state index in [-0.39, 0.29) is 11.9 Å². The highest BCUT2D eigenvalue weighted by Crippen LogP contribution is 2.24. The third-order valence-electron chi connectivity index (χ3n) is 3.53. The van der Waals surface area contributed by atoms with E-state index in [0.717, 1.165) is 22.6 Å². The predicted molar refractivity (Wildman–Crippen MR) is 79.2 cm³/mol. The molecule has 0 bridgehead atoms. The van der Waals surface area contributed by atoms with Gasteiger partial charge < -0.3 is 15.7 Å². The molecule has 0 amide bonds. The quantitative estimate of drug-likeness (QED) is 0.358. The number of hydrogen-bond acceptors (Lipinski definition) is 5. The molecule has 1 rings (SSSR count). The Morgan fingerprint density at radius 2 is 2.20 bits per heavy atom. The largest absolute Gasteiger partial charge is 0.496 e. The van der Waals surface area contributed by atoms with Crippen molar-refractivity contribution >= 4 is 5.84 Å². The lowest BCUT2D eigenvalue weighted by Crippen LogP contribution is -2.33. The van der Waals surface area contributed by atoms with Crippen LogP contribution < -0.4 is 10.5 Å². The van der Waals surface area contributed by atoms with E-state index in [2.05, 4.69) is 15.0 Å². The topological polar surface area (TPSA) is 84.0 Å². The molecule has 112 valence electrons. The van der Waals surface area contributed by atoms with Crippen LogP contribution in [0.4, 0.5) is 0 Å². The Bertz CT molecular complexity index is 488. The number of hydrogen-bond donors (Lipinski definition) is 2. The van der Waals surface area contributed by atoms with Crippen LogP contribution in [0.3, 0.4) is 0 Å². The number of nitrogens with zero attached hydrogens (tertiary/aromatic N) is 3. The Morgan fingerprint density at radius 3 is 2.75 bits per heavy atom. The molecule has 0 saturated heterocycles. The molecular formula is C14H24N4O2. The van der Waals surface area contributed by atoms with Crippen molar-refractivity contribution in [3.05, 3.63) is 23.0 Å².